The molecular formula is C12H28N2S. The zero-order valence-electron chi connectivity index (χ0n) is 11.1. The average Bonchev–Trinajstić information content (AvgIpc) is 2.23. The zero-order valence-corrected chi connectivity index (χ0v) is 12.0. The van der Waals surface area contributed by atoms with Gasteiger partial charge in [0.2, 0.25) is 0 Å². The maximum Gasteiger partial charge on any atom is 0.0106 e. The molecule has 0 rings (SSSR count). The van der Waals surface area contributed by atoms with E-state index in [0.717, 1.165) is 25.4 Å². The van der Waals surface area contributed by atoms with Crippen LogP contribution in [0.5, 0.6) is 0 Å². The van der Waals surface area contributed by atoms with Crippen LogP contribution in [0.3, 0.4) is 0 Å². The molecule has 0 radical (unpaired) electrons. The standard InChI is InChI=1S/C12H28N2S/c1-6-12(7-2,11-15)10-14(5)9-8-13(3)4/h15H,6-11H2,1-5H3. The summed E-state index contributed by atoms with van der Waals surface area (Å²) in [7, 11) is 6.46. The van der Waals surface area contributed by atoms with E-state index < -0.39 is 0 Å². The van der Waals surface area contributed by atoms with Gasteiger partial charge >= 0.3 is 0 Å². The van der Waals surface area contributed by atoms with Crippen LogP contribution in [-0.2, 0) is 0 Å². The van der Waals surface area contributed by atoms with Crippen LogP contribution in [0.25, 0.3) is 0 Å². The van der Waals surface area contributed by atoms with Crippen molar-refractivity contribution in [3.05, 3.63) is 0 Å². The van der Waals surface area contributed by atoms with Gasteiger partial charge in [-0.05, 0) is 45.2 Å². The van der Waals surface area contributed by atoms with Crippen molar-refractivity contribution in [1.29, 1.82) is 0 Å². The first-order chi connectivity index (χ1) is 6.99. The van der Waals surface area contributed by atoms with E-state index in [4.69, 9.17) is 0 Å². The third kappa shape index (κ3) is 5.79. The van der Waals surface area contributed by atoms with Gasteiger partial charge in [0, 0.05) is 19.6 Å². The summed E-state index contributed by atoms with van der Waals surface area (Å²) in [5.41, 5.74) is 0.407. The minimum atomic E-state index is 0.407. The van der Waals surface area contributed by atoms with Crippen molar-refractivity contribution in [2.24, 2.45) is 5.41 Å². The Morgan fingerprint density at radius 3 is 1.87 bits per heavy atom. The summed E-state index contributed by atoms with van der Waals surface area (Å²) >= 11 is 4.51. The molecule has 0 aromatic heterocycles. The lowest BCUT2D eigenvalue weighted by Crippen LogP contribution is -2.39. The molecular weight excluding hydrogens is 204 g/mol. The van der Waals surface area contributed by atoms with Gasteiger partial charge in [-0.15, -0.1) is 0 Å². The van der Waals surface area contributed by atoms with Crippen molar-refractivity contribution in [2.75, 3.05) is 46.5 Å². The highest BCUT2D eigenvalue weighted by Gasteiger charge is 2.25. The van der Waals surface area contributed by atoms with Crippen LogP contribution in [-0.4, -0.2) is 56.3 Å². The van der Waals surface area contributed by atoms with Crippen LogP contribution >= 0.6 is 12.6 Å². The zero-order chi connectivity index (χ0) is 11.9. The van der Waals surface area contributed by atoms with Gasteiger partial charge in [-0.2, -0.15) is 12.6 Å². The lowest BCUT2D eigenvalue weighted by molar-refractivity contribution is 0.174. The number of nitrogens with zero attached hydrogens (tertiary/aromatic N) is 2. The molecule has 0 aromatic rings. The van der Waals surface area contributed by atoms with E-state index in [1.54, 1.807) is 0 Å². The van der Waals surface area contributed by atoms with E-state index in [9.17, 15) is 0 Å². The SMILES string of the molecule is CCC(CC)(CS)CN(C)CCN(C)C. The summed E-state index contributed by atoms with van der Waals surface area (Å²) in [5.74, 6) is 0.992. The monoisotopic (exact) mass is 232 g/mol. The third-order valence-electron chi connectivity index (χ3n) is 3.37. The predicted molar refractivity (Wildman–Crippen MR) is 72.9 cm³/mol. The molecule has 0 fully saturated rings. The Bertz CT molecular complexity index is 147. The van der Waals surface area contributed by atoms with Crippen LogP contribution < -0.4 is 0 Å². The molecule has 0 aliphatic heterocycles. The molecule has 2 nitrogen and oxygen atoms in total. The molecule has 0 heterocycles. The van der Waals surface area contributed by atoms with Gasteiger partial charge in [0.05, 0.1) is 0 Å². The second-order valence-corrected chi connectivity index (χ2v) is 5.22. The van der Waals surface area contributed by atoms with Crippen molar-refractivity contribution < 1.29 is 0 Å². The number of hydrogen-bond acceptors (Lipinski definition) is 3. The Morgan fingerprint density at radius 2 is 1.53 bits per heavy atom. The third-order valence-corrected chi connectivity index (χ3v) is 4.04. The van der Waals surface area contributed by atoms with Gasteiger partial charge in [-0.3, -0.25) is 0 Å². The second-order valence-electron chi connectivity index (χ2n) is 4.91. The fraction of sp³-hybridized carbons (Fsp3) is 1.00. The lowest BCUT2D eigenvalue weighted by Gasteiger charge is -2.34. The van der Waals surface area contributed by atoms with E-state index >= 15 is 0 Å². The Kier molecular flexibility index (Phi) is 7.66. The minimum absolute atomic E-state index is 0.407. The van der Waals surface area contributed by atoms with Gasteiger partial charge in [0.15, 0.2) is 0 Å². The quantitative estimate of drug-likeness (QED) is 0.641. The van der Waals surface area contributed by atoms with Gasteiger partial charge in [0.1, 0.15) is 0 Å². The van der Waals surface area contributed by atoms with Crippen LogP contribution in [0.2, 0.25) is 0 Å². The Morgan fingerprint density at radius 1 is 1.00 bits per heavy atom. The molecule has 0 aliphatic carbocycles. The fourth-order valence-electron chi connectivity index (χ4n) is 1.77. The van der Waals surface area contributed by atoms with Gasteiger partial charge < -0.3 is 9.80 Å². The number of hydrogen-bond donors (Lipinski definition) is 1. The maximum absolute atomic E-state index is 4.51. The molecule has 0 bridgehead atoms. The summed E-state index contributed by atoms with van der Waals surface area (Å²) in [6.45, 7) is 7.99. The normalized spacial score (nSPS) is 12.8. The van der Waals surface area contributed by atoms with Crippen LogP contribution in [0.1, 0.15) is 26.7 Å². The highest BCUT2D eigenvalue weighted by Crippen LogP contribution is 2.28. The first kappa shape index (κ1) is 15.3. The predicted octanol–water partition coefficient (Wildman–Crippen LogP) is 2.22. The number of rotatable bonds is 8. The number of likely N-dealkylation sites (N-methyl/N-ethyl adjacent to an activating group) is 2. The largest absolute Gasteiger partial charge is 0.308 e. The Labute approximate surface area is 101 Å². The van der Waals surface area contributed by atoms with Gasteiger partial charge in [-0.25, -0.2) is 0 Å². The van der Waals surface area contributed by atoms with Crippen LogP contribution in [0, 0.1) is 5.41 Å². The molecule has 0 spiro atoms. The van der Waals surface area contributed by atoms with Crippen LogP contribution in [0.15, 0.2) is 0 Å². The smallest absolute Gasteiger partial charge is 0.0106 e. The molecule has 0 aliphatic rings. The molecule has 0 amide bonds. The van der Waals surface area contributed by atoms with E-state index in [0.29, 0.717) is 5.41 Å². The van der Waals surface area contributed by atoms with Crippen molar-refractivity contribution in [2.45, 2.75) is 26.7 Å². The van der Waals surface area contributed by atoms with E-state index in [1.165, 1.54) is 12.8 Å². The van der Waals surface area contributed by atoms with Crippen molar-refractivity contribution >= 4 is 12.6 Å². The molecule has 92 valence electrons. The van der Waals surface area contributed by atoms with Crippen molar-refractivity contribution in [3.8, 4) is 0 Å². The Hall–Kier alpha value is 0.270. The second kappa shape index (κ2) is 7.53. The molecule has 0 N–H and O–H groups in total. The number of thiol groups is 1. The fourth-order valence-corrected chi connectivity index (χ4v) is 2.32. The summed E-state index contributed by atoms with van der Waals surface area (Å²) in [4.78, 5) is 4.67. The molecule has 0 saturated heterocycles. The summed E-state index contributed by atoms with van der Waals surface area (Å²) in [6, 6.07) is 0. The van der Waals surface area contributed by atoms with Crippen LogP contribution in [0.4, 0.5) is 0 Å². The van der Waals surface area contributed by atoms with Gasteiger partial charge in [-0.1, -0.05) is 13.8 Å². The molecule has 0 unspecified atom stereocenters. The van der Waals surface area contributed by atoms with Gasteiger partial charge in [0.25, 0.3) is 0 Å². The van der Waals surface area contributed by atoms with Crippen molar-refractivity contribution in [1.82, 2.24) is 9.80 Å². The minimum Gasteiger partial charge on any atom is -0.308 e. The average molecular weight is 232 g/mol. The summed E-state index contributed by atoms with van der Waals surface area (Å²) in [5, 5.41) is 0. The van der Waals surface area contributed by atoms with E-state index in [1.807, 2.05) is 0 Å². The first-order valence-electron chi connectivity index (χ1n) is 5.93. The molecule has 15 heavy (non-hydrogen) atoms. The lowest BCUT2D eigenvalue weighted by atomic mass is 9.84. The first-order valence-corrected chi connectivity index (χ1v) is 6.57. The summed E-state index contributed by atoms with van der Waals surface area (Å²) < 4.78 is 0. The molecule has 0 atom stereocenters. The molecule has 0 aromatic carbocycles. The van der Waals surface area contributed by atoms with Crippen molar-refractivity contribution in [3.63, 3.8) is 0 Å². The Balaban J connectivity index is 4.05. The molecule has 0 saturated carbocycles. The molecule has 3 heteroatoms. The summed E-state index contributed by atoms with van der Waals surface area (Å²) in [6.07, 6.45) is 2.44. The van der Waals surface area contributed by atoms with E-state index in [-0.39, 0.29) is 0 Å². The maximum atomic E-state index is 4.51. The highest BCUT2D eigenvalue weighted by atomic mass is 32.1. The van der Waals surface area contributed by atoms with E-state index in [2.05, 4.69) is 57.4 Å². The topological polar surface area (TPSA) is 6.48 Å². The highest BCUT2D eigenvalue weighted by molar-refractivity contribution is 7.80.